The number of amides is 2. The summed E-state index contributed by atoms with van der Waals surface area (Å²) in [5.41, 5.74) is 2.61. The maximum Gasteiger partial charge on any atom is 0.264 e. The van der Waals surface area contributed by atoms with Crippen LogP contribution in [0.5, 0.6) is 0 Å². The second-order valence-electron chi connectivity index (χ2n) is 11.1. The van der Waals surface area contributed by atoms with Gasteiger partial charge in [-0.25, -0.2) is 8.42 Å². The van der Waals surface area contributed by atoms with Crippen LogP contribution in [0.15, 0.2) is 114 Å². The summed E-state index contributed by atoms with van der Waals surface area (Å²) in [7, 11) is -4.19. The third-order valence-electron chi connectivity index (χ3n) is 7.20. The van der Waals surface area contributed by atoms with Crippen molar-refractivity contribution in [2.24, 2.45) is 5.92 Å². The Kier molecular flexibility index (Phi) is 11.2. The fourth-order valence-corrected chi connectivity index (χ4v) is 6.50. The number of carbonyl (C=O) groups is 2. The molecule has 1 atom stereocenters. The van der Waals surface area contributed by atoms with Gasteiger partial charge in [0.15, 0.2) is 0 Å². The third-order valence-corrected chi connectivity index (χ3v) is 9.21. The maximum absolute atomic E-state index is 14.5. The molecule has 0 aliphatic heterocycles. The SMILES string of the molecule is Cc1ccc(Cl)cc1N(CC(=O)N(Cc1ccccc1)[C@H](Cc1ccccc1)C(=O)NCC(C)C)S(=O)(=O)c1ccccc1. The number of rotatable bonds is 13. The van der Waals surface area contributed by atoms with Crippen LogP contribution in [-0.2, 0) is 32.6 Å². The molecule has 0 bridgehead atoms. The largest absolute Gasteiger partial charge is 0.354 e. The Hall–Kier alpha value is -4.14. The zero-order valence-electron chi connectivity index (χ0n) is 25.2. The minimum absolute atomic E-state index is 0.0392. The lowest BCUT2D eigenvalue weighted by molar-refractivity contribution is -0.140. The lowest BCUT2D eigenvalue weighted by Gasteiger charge is -2.34. The number of sulfonamides is 1. The van der Waals surface area contributed by atoms with Gasteiger partial charge in [0, 0.05) is 24.5 Å². The fraction of sp³-hybridized carbons (Fsp3) is 0.257. The van der Waals surface area contributed by atoms with E-state index in [1.165, 1.54) is 17.0 Å². The van der Waals surface area contributed by atoms with Gasteiger partial charge in [0.1, 0.15) is 12.6 Å². The second-order valence-corrected chi connectivity index (χ2v) is 13.4. The average molecular weight is 632 g/mol. The molecule has 0 saturated heterocycles. The molecule has 0 spiro atoms. The first-order valence-corrected chi connectivity index (χ1v) is 16.4. The quantitative estimate of drug-likeness (QED) is 0.189. The Balaban J connectivity index is 1.81. The molecule has 0 aliphatic carbocycles. The summed E-state index contributed by atoms with van der Waals surface area (Å²) >= 11 is 6.34. The van der Waals surface area contributed by atoms with Gasteiger partial charge < -0.3 is 10.2 Å². The van der Waals surface area contributed by atoms with E-state index in [9.17, 15) is 18.0 Å². The van der Waals surface area contributed by atoms with Gasteiger partial charge in [-0.1, -0.05) is 110 Å². The molecule has 7 nitrogen and oxygen atoms in total. The summed E-state index contributed by atoms with van der Waals surface area (Å²) < 4.78 is 29.3. The highest BCUT2D eigenvalue weighted by Crippen LogP contribution is 2.30. The van der Waals surface area contributed by atoms with Gasteiger partial charge in [-0.15, -0.1) is 0 Å². The average Bonchev–Trinajstić information content (AvgIpc) is 3.03. The topological polar surface area (TPSA) is 86.8 Å². The molecular weight excluding hydrogens is 594 g/mol. The van der Waals surface area contributed by atoms with E-state index >= 15 is 0 Å². The van der Waals surface area contributed by atoms with Gasteiger partial charge in [-0.3, -0.25) is 13.9 Å². The summed E-state index contributed by atoms with van der Waals surface area (Å²) in [4.78, 5) is 29.8. The van der Waals surface area contributed by atoms with E-state index in [1.54, 1.807) is 43.3 Å². The molecule has 0 unspecified atom stereocenters. The van der Waals surface area contributed by atoms with Crippen LogP contribution >= 0.6 is 11.6 Å². The Morgan fingerprint density at radius 3 is 1.98 bits per heavy atom. The Morgan fingerprint density at radius 2 is 1.39 bits per heavy atom. The maximum atomic E-state index is 14.5. The number of benzene rings is 4. The van der Waals surface area contributed by atoms with Crippen LogP contribution in [-0.4, -0.2) is 44.3 Å². The van der Waals surface area contributed by atoms with E-state index < -0.39 is 28.5 Å². The number of anilines is 1. The van der Waals surface area contributed by atoms with Gasteiger partial charge in [0.2, 0.25) is 11.8 Å². The van der Waals surface area contributed by atoms with E-state index in [4.69, 9.17) is 11.6 Å². The molecule has 230 valence electrons. The number of aryl methyl sites for hydroxylation is 1. The predicted molar refractivity (Wildman–Crippen MR) is 176 cm³/mol. The Morgan fingerprint density at radius 1 is 0.818 bits per heavy atom. The number of hydrogen-bond acceptors (Lipinski definition) is 4. The lowest BCUT2D eigenvalue weighted by Crippen LogP contribution is -2.53. The van der Waals surface area contributed by atoms with Crippen LogP contribution in [0, 0.1) is 12.8 Å². The predicted octanol–water partition coefficient (Wildman–Crippen LogP) is 6.26. The van der Waals surface area contributed by atoms with Crippen LogP contribution in [0.1, 0.15) is 30.5 Å². The monoisotopic (exact) mass is 631 g/mol. The summed E-state index contributed by atoms with van der Waals surface area (Å²) in [6, 6.07) is 30.9. The minimum atomic E-state index is -4.19. The first-order chi connectivity index (χ1) is 21.1. The summed E-state index contributed by atoms with van der Waals surface area (Å²) in [6.45, 7) is 5.78. The molecule has 4 aromatic rings. The molecule has 0 saturated carbocycles. The van der Waals surface area contributed by atoms with E-state index in [0.29, 0.717) is 22.8 Å². The van der Waals surface area contributed by atoms with Crippen molar-refractivity contribution in [2.75, 3.05) is 17.4 Å². The summed E-state index contributed by atoms with van der Waals surface area (Å²) in [6.07, 6.45) is 0.255. The van der Waals surface area contributed by atoms with Crippen LogP contribution < -0.4 is 9.62 Å². The number of nitrogens with zero attached hydrogens (tertiary/aromatic N) is 2. The van der Waals surface area contributed by atoms with Crippen molar-refractivity contribution in [3.8, 4) is 0 Å². The van der Waals surface area contributed by atoms with Crippen LogP contribution in [0.3, 0.4) is 0 Å². The van der Waals surface area contributed by atoms with Crippen LogP contribution in [0.2, 0.25) is 5.02 Å². The van der Waals surface area contributed by atoms with Gasteiger partial charge in [-0.2, -0.15) is 0 Å². The fourth-order valence-electron chi connectivity index (χ4n) is 4.84. The molecule has 0 radical (unpaired) electrons. The van der Waals surface area contributed by atoms with Crippen molar-refractivity contribution in [3.05, 3.63) is 131 Å². The third kappa shape index (κ3) is 8.49. The van der Waals surface area contributed by atoms with Gasteiger partial charge >= 0.3 is 0 Å². The molecule has 2 amide bonds. The first-order valence-electron chi connectivity index (χ1n) is 14.5. The standard InChI is InChI=1S/C35H38ClN3O4S/c1-26(2)23-37-35(41)33(21-28-13-7-4-8-14-28)38(24-29-15-9-5-10-16-29)34(40)25-39(32-22-30(36)20-19-27(32)3)44(42,43)31-17-11-6-12-18-31/h4-20,22,26,33H,21,23-25H2,1-3H3,(H,37,41)/t33-/m1/s1. The second kappa shape index (κ2) is 15.0. The normalized spacial score (nSPS) is 12.0. The summed E-state index contributed by atoms with van der Waals surface area (Å²) in [5, 5.41) is 3.33. The molecule has 44 heavy (non-hydrogen) atoms. The van der Waals surface area contributed by atoms with Crippen LogP contribution in [0.4, 0.5) is 5.69 Å². The van der Waals surface area contributed by atoms with Crippen molar-refractivity contribution in [1.29, 1.82) is 0 Å². The molecule has 0 aromatic heterocycles. The lowest BCUT2D eigenvalue weighted by atomic mass is 10.0. The van der Waals surface area contributed by atoms with Gasteiger partial charge in [-0.05, 0) is 53.8 Å². The molecule has 1 N–H and O–H groups in total. The highest BCUT2D eigenvalue weighted by atomic mass is 35.5. The van der Waals surface area contributed by atoms with E-state index in [0.717, 1.165) is 15.4 Å². The molecule has 0 fully saturated rings. The number of hydrogen-bond donors (Lipinski definition) is 1. The van der Waals surface area contributed by atoms with Gasteiger partial charge in [0.05, 0.1) is 10.6 Å². The highest BCUT2D eigenvalue weighted by molar-refractivity contribution is 7.92. The molecule has 4 rings (SSSR count). The molecular formula is C35H38ClN3O4S. The molecule has 9 heteroatoms. The van der Waals surface area contributed by atoms with Crippen molar-refractivity contribution >= 4 is 39.1 Å². The van der Waals surface area contributed by atoms with Crippen molar-refractivity contribution in [1.82, 2.24) is 10.2 Å². The molecule has 0 heterocycles. The number of carbonyl (C=O) groups excluding carboxylic acids is 2. The van der Waals surface area contributed by atoms with E-state index in [-0.39, 0.29) is 29.7 Å². The Labute approximate surface area is 265 Å². The van der Waals surface area contributed by atoms with Crippen molar-refractivity contribution in [3.63, 3.8) is 0 Å². The van der Waals surface area contributed by atoms with E-state index in [1.807, 2.05) is 74.5 Å². The zero-order valence-corrected chi connectivity index (χ0v) is 26.8. The minimum Gasteiger partial charge on any atom is -0.354 e. The van der Waals surface area contributed by atoms with Crippen molar-refractivity contribution in [2.45, 2.75) is 44.7 Å². The highest BCUT2D eigenvalue weighted by Gasteiger charge is 2.35. The van der Waals surface area contributed by atoms with E-state index in [2.05, 4.69) is 5.32 Å². The summed E-state index contributed by atoms with van der Waals surface area (Å²) in [5.74, 6) is -0.622. The zero-order chi connectivity index (χ0) is 31.7. The first kappa shape index (κ1) is 32.8. The number of nitrogens with one attached hydrogen (secondary N) is 1. The van der Waals surface area contributed by atoms with Crippen LogP contribution in [0.25, 0.3) is 0 Å². The molecule has 0 aliphatic rings. The number of halogens is 1. The van der Waals surface area contributed by atoms with Crippen molar-refractivity contribution < 1.29 is 18.0 Å². The molecule has 4 aromatic carbocycles. The Bertz CT molecular complexity index is 1650. The van der Waals surface area contributed by atoms with Gasteiger partial charge in [0.25, 0.3) is 10.0 Å². The smallest absolute Gasteiger partial charge is 0.264 e.